The second-order valence-corrected chi connectivity index (χ2v) is 6.48. The van der Waals surface area contributed by atoms with E-state index in [1.54, 1.807) is 7.11 Å². The van der Waals surface area contributed by atoms with Crippen LogP contribution in [-0.4, -0.2) is 23.7 Å². The number of aromatic nitrogens is 2. The van der Waals surface area contributed by atoms with Gasteiger partial charge in [0, 0.05) is 24.3 Å². The molecule has 0 spiro atoms. The second-order valence-electron chi connectivity index (χ2n) is 6.48. The van der Waals surface area contributed by atoms with Crippen LogP contribution >= 0.6 is 0 Å². The highest BCUT2D eigenvalue weighted by molar-refractivity contribution is 5.11. The number of nitrogens with one attached hydrogen (secondary N) is 2. The summed E-state index contributed by atoms with van der Waals surface area (Å²) in [5.74, 6) is 0. The minimum absolute atomic E-state index is 0.0769. The molecule has 0 saturated heterocycles. The predicted molar refractivity (Wildman–Crippen MR) is 75.6 cm³/mol. The number of methoxy groups -OCH3 is 1. The van der Waals surface area contributed by atoms with Gasteiger partial charge >= 0.3 is 5.69 Å². The average molecular weight is 268 g/mol. The molecule has 0 aliphatic rings. The lowest BCUT2D eigenvalue weighted by Crippen LogP contribution is -2.31. The molecular weight excluding hydrogens is 244 g/mol. The number of H-pyrrole nitrogens is 2. The van der Waals surface area contributed by atoms with E-state index in [1.807, 2.05) is 13.8 Å². The first-order chi connectivity index (χ1) is 8.66. The van der Waals surface area contributed by atoms with Crippen molar-refractivity contribution in [1.29, 1.82) is 0 Å². The molecule has 0 aromatic carbocycles. The highest BCUT2D eigenvalue weighted by atomic mass is 16.5. The van der Waals surface area contributed by atoms with Gasteiger partial charge in [0.2, 0.25) is 0 Å². The van der Waals surface area contributed by atoms with E-state index in [0.717, 1.165) is 12.8 Å². The predicted octanol–water partition coefficient (Wildman–Crippen LogP) is 1.79. The van der Waals surface area contributed by atoms with Gasteiger partial charge in [-0.3, -0.25) is 9.78 Å². The third kappa shape index (κ3) is 4.67. The molecule has 2 N–H and O–H groups in total. The molecule has 0 amide bonds. The van der Waals surface area contributed by atoms with Gasteiger partial charge in [-0.1, -0.05) is 27.7 Å². The van der Waals surface area contributed by atoms with Crippen LogP contribution in [0.4, 0.5) is 0 Å². The molecule has 0 aliphatic heterocycles. The van der Waals surface area contributed by atoms with E-state index in [2.05, 4.69) is 23.8 Å². The Bertz CT molecular complexity index is 498. The monoisotopic (exact) mass is 268 g/mol. The SMILES string of the molecule is COCC(C)(C)CCC(C)(C)c1cc(=O)[nH]c(=O)[nH]1. The third-order valence-electron chi connectivity index (χ3n) is 3.45. The highest BCUT2D eigenvalue weighted by Crippen LogP contribution is 2.32. The summed E-state index contributed by atoms with van der Waals surface area (Å²) in [6.45, 7) is 9.04. The summed E-state index contributed by atoms with van der Waals surface area (Å²) in [7, 11) is 1.70. The van der Waals surface area contributed by atoms with Crippen molar-refractivity contribution >= 4 is 0 Å². The molecule has 0 unspecified atom stereocenters. The van der Waals surface area contributed by atoms with E-state index in [9.17, 15) is 9.59 Å². The van der Waals surface area contributed by atoms with Crippen LogP contribution in [0.25, 0.3) is 0 Å². The van der Waals surface area contributed by atoms with Crippen molar-refractivity contribution in [1.82, 2.24) is 9.97 Å². The average Bonchev–Trinajstić information content (AvgIpc) is 2.25. The normalized spacial score (nSPS) is 12.7. The summed E-state index contributed by atoms with van der Waals surface area (Å²) in [4.78, 5) is 27.6. The van der Waals surface area contributed by atoms with Crippen molar-refractivity contribution in [3.8, 4) is 0 Å². The molecule has 1 rings (SSSR count). The zero-order valence-corrected chi connectivity index (χ0v) is 12.4. The van der Waals surface area contributed by atoms with Crippen LogP contribution in [-0.2, 0) is 10.2 Å². The lowest BCUT2D eigenvalue weighted by atomic mass is 9.77. The number of ether oxygens (including phenoxy) is 1. The Hall–Kier alpha value is -1.36. The molecule has 0 bridgehead atoms. The van der Waals surface area contributed by atoms with Gasteiger partial charge < -0.3 is 9.72 Å². The molecule has 19 heavy (non-hydrogen) atoms. The largest absolute Gasteiger partial charge is 0.384 e. The zero-order chi connectivity index (χ0) is 14.7. The molecule has 0 fully saturated rings. The van der Waals surface area contributed by atoms with Crippen molar-refractivity contribution in [2.45, 2.75) is 46.0 Å². The van der Waals surface area contributed by atoms with Crippen molar-refractivity contribution in [3.63, 3.8) is 0 Å². The summed E-state index contributed by atoms with van der Waals surface area (Å²) in [6.07, 6.45) is 1.81. The Morgan fingerprint density at radius 2 is 1.74 bits per heavy atom. The maximum Gasteiger partial charge on any atom is 0.325 e. The molecule has 1 heterocycles. The van der Waals surface area contributed by atoms with Crippen molar-refractivity contribution < 1.29 is 4.74 Å². The van der Waals surface area contributed by atoms with Gasteiger partial charge in [-0.25, -0.2) is 4.79 Å². The van der Waals surface area contributed by atoms with E-state index < -0.39 is 5.69 Å². The fourth-order valence-corrected chi connectivity index (χ4v) is 2.08. The third-order valence-corrected chi connectivity index (χ3v) is 3.45. The molecule has 5 nitrogen and oxygen atoms in total. The van der Waals surface area contributed by atoms with Crippen LogP contribution in [0, 0.1) is 5.41 Å². The first kappa shape index (κ1) is 15.7. The number of hydrogen-bond acceptors (Lipinski definition) is 3. The standard InChI is InChI=1S/C14H24N2O3/c1-13(2,9-19-5)6-7-14(3,4)10-8-11(17)16-12(18)15-10/h8H,6-7,9H2,1-5H3,(H2,15,16,17,18). The summed E-state index contributed by atoms with van der Waals surface area (Å²) >= 11 is 0. The fourth-order valence-electron chi connectivity index (χ4n) is 2.08. The molecule has 0 saturated carbocycles. The van der Waals surface area contributed by atoms with Gasteiger partial charge in [0.1, 0.15) is 0 Å². The number of aromatic amines is 2. The van der Waals surface area contributed by atoms with Gasteiger partial charge in [0.15, 0.2) is 0 Å². The highest BCUT2D eigenvalue weighted by Gasteiger charge is 2.27. The summed E-state index contributed by atoms with van der Waals surface area (Å²) < 4.78 is 5.20. The molecule has 0 radical (unpaired) electrons. The molecule has 1 aromatic rings. The maximum atomic E-state index is 11.4. The molecule has 108 valence electrons. The van der Waals surface area contributed by atoms with Crippen LogP contribution in [0.15, 0.2) is 15.7 Å². The zero-order valence-electron chi connectivity index (χ0n) is 12.4. The molecule has 1 aromatic heterocycles. The number of hydrogen-bond donors (Lipinski definition) is 2. The molecule has 0 aliphatic carbocycles. The van der Waals surface area contributed by atoms with Crippen LogP contribution in [0.1, 0.15) is 46.2 Å². The second kappa shape index (κ2) is 5.74. The summed E-state index contributed by atoms with van der Waals surface area (Å²) in [6, 6.07) is 1.46. The van der Waals surface area contributed by atoms with E-state index in [4.69, 9.17) is 4.74 Å². The van der Waals surface area contributed by atoms with E-state index in [-0.39, 0.29) is 16.4 Å². The first-order valence-electron chi connectivity index (χ1n) is 6.49. The Labute approximate surface area is 113 Å². The maximum absolute atomic E-state index is 11.4. The Kier molecular flexibility index (Phi) is 4.74. The summed E-state index contributed by atoms with van der Waals surface area (Å²) in [5, 5.41) is 0. The van der Waals surface area contributed by atoms with Gasteiger partial charge in [0.05, 0.1) is 6.61 Å². The van der Waals surface area contributed by atoms with Crippen LogP contribution in [0.2, 0.25) is 0 Å². The number of rotatable bonds is 6. The molecular formula is C14H24N2O3. The van der Waals surface area contributed by atoms with Crippen LogP contribution < -0.4 is 11.2 Å². The fraction of sp³-hybridized carbons (Fsp3) is 0.714. The van der Waals surface area contributed by atoms with Crippen molar-refractivity contribution in [2.24, 2.45) is 5.41 Å². The van der Waals surface area contributed by atoms with E-state index in [1.165, 1.54) is 6.07 Å². The first-order valence-corrected chi connectivity index (χ1v) is 6.49. The Morgan fingerprint density at radius 1 is 1.11 bits per heavy atom. The quantitative estimate of drug-likeness (QED) is 0.826. The minimum Gasteiger partial charge on any atom is -0.384 e. The van der Waals surface area contributed by atoms with Crippen LogP contribution in [0.3, 0.4) is 0 Å². The van der Waals surface area contributed by atoms with E-state index >= 15 is 0 Å². The van der Waals surface area contributed by atoms with Crippen LogP contribution in [0.5, 0.6) is 0 Å². The lowest BCUT2D eigenvalue weighted by molar-refractivity contribution is 0.0921. The van der Waals surface area contributed by atoms with Gasteiger partial charge in [-0.15, -0.1) is 0 Å². The minimum atomic E-state index is -0.452. The van der Waals surface area contributed by atoms with Gasteiger partial charge in [-0.2, -0.15) is 0 Å². The summed E-state index contributed by atoms with van der Waals surface area (Å²) in [5.41, 5.74) is -0.310. The Balaban J connectivity index is 2.86. The van der Waals surface area contributed by atoms with Crippen molar-refractivity contribution in [3.05, 3.63) is 32.6 Å². The van der Waals surface area contributed by atoms with Gasteiger partial charge in [-0.05, 0) is 18.3 Å². The molecule has 5 heteroatoms. The van der Waals surface area contributed by atoms with Crippen molar-refractivity contribution in [2.75, 3.05) is 13.7 Å². The topological polar surface area (TPSA) is 75.0 Å². The molecule has 0 atom stereocenters. The van der Waals surface area contributed by atoms with E-state index in [0.29, 0.717) is 12.3 Å². The lowest BCUT2D eigenvalue weighted by Gasteiger charge is -2.30. The smallest absolute Gasteiger partial charge is 0.325 e. The van der Waals surface area contributed by atoms with Gasteiger partial charge in [0.25, 0.3) is 5.56 Å². The Morgan fingerprint density at radius 3 is 2.26 bits per heavy atom.